The number of aromatic nitrogens is 2. The van der Waals surface area contributed by atoms with E-state index in [2.05, 4.69) is 9.82 Å². The fourth-order valence-corrected chi connectivity index (χ4v) is 3.54. The normalized spacial score (nSPS) is 14.7. The Labute approximate surface area is 132 Å². The van der Waals surface area contributed by atoms with Crippen molar-refractivity contribution in [2.45, 2.75) is 24.5 Å². The highest BCUT2D eigenvalue weighted by Crippen LogP contribution is 2.17. The van der Waals surface area contributed by atoms with Gasteiger partial charge in [-0.1, -0.05) is 0 Å². The second-order valence-electron chi connectivity index (χ2n) is 5.11. The molecule has 1 aliphatic heterocycles. The number of sulfonamides is 1. The minimum Gasteiger partial charge on any atom is -0.376 e. The van der Waals surface area contributed by atoms with Gasteiger partial charge in [0.1, 0.15) is 16.5 Å². The summed E-state index contributed by atoms with van der Waals surface area (Å²) in [6.07, 6.45) is 2.41. The average Bonchev–Trinajstić information content (AvgIpc) is 2.90. The Morgan fingerprint density at radius 1 is 1.35 bits per heavy atom. The lowest BCUT2D eigenvalue weighted by atomic mass is 10.2. The van der Waals surface area contributed by atoms with E-state index in [1.807, 2.05) is 0 Å². The lowest BCUT2D eigenvalue weighted by molar-refractivity contribution is 0.109. The highest BCUT2D eigenvalue weighted by molar-refractivity contribution is 7.89. The first-order chi connectivity index (χ1) is 11.0. The third-order valence-corrected chi connectivity index (χ3v) is 5.07. The van der Waals surface area contributed by atoms with Crippen LogP contribution in [0.2, 0.25) is 0 Å². The molecule has 1 aromatic heterocycles. The van der Waals surface area contributed by atoms with Gasteiger partial charge >= 0.3 is 0 Å². The maximum absolute atomic E-state index is 13.6. The molecule has 6 nitrogen and oxygen atoms in total. The van der Waals surface area contributed by atoms with E-state index in [-0.39, 0.29) is 6.54 Å². The SMILES string of the molecule is O=S(=O)(NCCn1ncc2c1CCOC2)c1ccc(F)cc1F. The van der Waals surface area contributed by atoms with E-state index in [1.54, 1.807) is 10.9 Å². The molecule has 1 aliphatic rings. The van der Waals surface area contributed by atoms with Gasteiger partial charge in [-0.05, 0) is 12.1 Å². The van der Waals surface area contributed by atoms with E-state index >= 15 is 0 Å². The van der Waals surface area contributed by atoms with E-state index in [0.717, 1.165) is 23.4 Å². The molecule has 0 bridgehead atoms. The Kier molecular flexibility index (Phi) is 4.42. The molecule has 0 fully saturated rings. The van der Waals surface area contributed by atoms with Gasteiger partial charge in [0.05, 0.1) is 26.0 Å². The quantitative estimate of drug-likeness (QED) is 0.886. The second kappa shape index (κ2) is 6.34. The zero-order valence-corrected chi connectivity index (χ0v) is 12.9. The largest absolute Gasteiger partial charge is 0.376 e. The Hall–Kier alpha value is -1.84. The molecule has 0 amide bonds. The highest BCUT2D eigenvalue weighted by Gasteiger charge is 2.20. The first kappa shape index (κ1) is 16.0. The van der Waals surface area contributed by atoms with Crippen molar-refractivity contribution in [1.29, 1.82) is 0 Å². The van der Waals surface area contributed by atoms with E-state index < -0.39 is 26.6 Å². The second-order valence-corrected chi connectivity index (χ2v) is 6.85. The standard InChI is InChI=1S/C14H15F2N3O3S/c15-11-1-2-14(12(16)7-11)23(20,21)18-4-5-19-13-3-6-22-9-10(13)8-17-19/h1-2,7-8,18H,3-6,9H2. The summed E-state index contributed by atoms with van der Waals surface area (Å²) < 4.78 is 59.9. The molecule has 3 rings (SSSR count). The fraction of sp³-hybridized carbons (Fsp3) is 0.357. The average molecular weight is 343 g/mol. The Balaban J connectivity index is 1.67. The number of nitrogens with zero attached hydrogens (tertiary/aromatic N) is 2. The van der Waals surface area contributed by atoms with Gasteiger partial charge in [0.2, 0.25) is 10.0 Å². The zero-order chi connectivity index (χ0) is 16.4. The highest BCUT2D eigenvalue weighted by atomic mass is 32.2. The molecule has 0 spiro atoms. The molecule has 0 aliphatic carbocycles. The van der Waals surface area contributed by atoms with Gasteiger partial charge in [-0.15, -0.1) is 0 Å². The van der Waals surface area contributed by atoms with Crippen LogP contribution in [0.5, 0.6) is 0 Å². The third kappa shape index (κ3) is 3.41. The van der Waals surface area contributed by atoms with Gasteiger partial charge in [-0.3, -0.25) is 4.68 Å². The maximum atomic E-state index is 13.6. The van der Waals surface area contributed by atoms with E-state index in [1.165, 1.54) is 0 Å². The van der Waals surface area contributed by atoms with Crippen LogP contribution in [-0.2, 0) is 34.3 Å². The number of hydrogen-bond acceptors (Lipinski definition) is 4. The first-order valence-electron chi connectivity index (χ1n) is 7.03. The Morgan fingerprint density at radius 2 is 2.17 bits per heavy atom. The molecular formula is C14H15F2N3O3S. The summed E-state index contributed by atoms with van der Waals surface area (Å²) in [7, 11) is -4.04. The van der Waals surface area contributed by atoms with Crippen LogP contribution in [0.15, 0.2) is 29.3 Å². The van der Waals surface area contributed by atoms with E-state index in [9.17, 15) is 17.2 Å². The van der Waals surface area contributed by atoms with Gasteiger partial charge in [0.15, 0.2) is 0 Å². The van der Waals surface area contributed by atoms with Crippen LogP contribution in [0.3, 0.4) is 0 Å². The summed E-state index contributed by atoms with van der Waals surface area (Å²) in [4.78, 5) is -0.574. The Morgan fingerprint density at radius 3 is 2.96 bits per heavy atom. The molecule has 0 atom stereocenters. The van der Waals surface area contributed by atoms with Crippen LogP contribution >= 0.6 is 0 Å². The monoisotopic (exact) mass is 343 g/mol. The number of ether oxygens (including phenoxy) is 1. The van der Waals surface area contributed by atoms with Crippen LogP contribution < -0.4 is 4.72 Å². The summed E-state index contributed by atoms with van der Waals surface area (Å²) >= 11 is 0. The van der Waals surface area contributed by atoms with Crippen LogP contribution in [0.1, 0.15) is 11.3 Å². The molecule has 124 valence electrons. The molecular weight excluding hydrogens is 328 g/mol. The maximum Gasteiger partial charge on any atom is 0.243 e. The fourth-order valence-electron chi connectivity index (χ4n) is 2.46. The van der Waals surface area contributed by atoms with Crippen molar-refractivity contribution in [3.05, 3.63) is 47.3 Å². The number of halogens is 2. The molecule has 0 unspecified atom stereocenters. The van der Waals surface area contributed by atoms with Crippen LogP contribution in [0.25, 0.3) is 0 Å². The Bertz CT molecular complexity index is 821. The van der Waals surface area contributed by atoms with Gasteiger partial charge in [-0.25, -0.2) is 21.9 Å². The number of benzene rings is 1. The predicted molar refractivity (Wildman–Crippen MR) is 77.1 cm³/mol. The third-order valence-electron chi connectivity index (χ3n) is 3.58. The van der Waals surface area contributed by atoms with Gasteiger partial charge in [0, 0.05) is 30.3 Å². The molecule has 0 saturated heterocycles. The molecule has 2 aromatic rings. The number of nitrogens with one attached hydrogen (secondary N) is 1. The predicted octanol–water partition coefficient (Wildman–Crippen LogP) is 1.21. The molecule has 23 heavy (non-hydrogen) atoms. The van der Waals surface area contributed by atoms with Crippen molar-refractivity contribution in [3.63, 3.8) is 0 Å². The van der Waals surface area contributed by atoms with Gasteiger partial charge in [0.25, 0.3) is 0 Å². The van der Waals surface area contributed by atoms with Crippen molar-refractivity contribution in [2.75, 3.05) is 13.2 Å². The number of hydrogen-bond donors (Lipinski definition) is 1. The topological polar surface area (TPSA) is 73.2 Å². The van der Waals surface area contributed by atoms with Crippen molar-refractivity contribution in [3.8, 4) is 0 Å². The van der Waals surface area contributed by atoms with Gasteiger partial charge < -0.3 is 4.74 Å². The number of rotatable bonds is 5. The summed E-state index contributed by atoms with van der Waals surface area (Å²) in [5.74, 6) is -1.95. The minimum absolute atomic E-state index is 0.0497. The number of fused-ring (bicyclic) bond motifs is 1. The van der Waals surface area contributed by atoms with Crippen LogP contribution in [0, 0.1) is 11.6 Å². The molecule has 2 heterocycles. The smallest absolute Gasteiger partial charge is 0.243 e. The molecule has 0 radical (unpaired) electrons. The van der Waals surface area contributed by atoms with E-state index in [4.69, 9.17) is 4.74 Å². The molecule has 0 saturated carbocycles. The van der Waals surface area contributed by atoms with Crippen molar-refractivity contribution in [1.82, 2.24) is 14.5 Å². The van der Waals surface area contributed by atoms with E-state index in [0.29, 0.717) is 32.2 Å². The van der Waals surface area contributed by atoms with Crippen LogP contribution in [-0.4, -0.2) is 31.3 Å². The van der Waals surface area contributed by atoms with Crippen molar-refractivity contribution < 1.29 is 21.9 Å². The molecule has 1 aromatic carbocycles. The first-order valence-corrected chi connectivity index (χ1v) is 8.52. The summed E-state index contributed by atoms with van der Waals surface area (Å²) in [5.41, 5.74) is 2.01. The summed E-state index contributed by atoms with van der Waals surface area (Å²) in [5, 5.41) is 4.20. The summed E-state index contributed by atoms with van der Waals surface area (Å²) in [6, 6.07) is 2.35. The lowest BCUT2D eigenvalue weighted by Gasteiger charge is -2.15. The van der Waals surface area contributed by atoms with Crippen molar-refractivity contribution in [2.24, 2.45) is 0 Å². The lowest BCUT2D eigenvalue weighted by Crippen LogP contribution is -2.29. The summed E-state index contributed by atoms with van der Waals surface area (Å²) in [6.45, 7) is 1.47. The molecule has 1 N–H and O–H groups in total. The molecule has 9 heteroatoms. The van der Waals surface area contributed by atoms with Crippen LogP contribution in [0.4, 0.5) is 8.78 Å². The van der Waals surface area contributed by atoms with Crippen molar-refractivity contribution >= 4 is 10.0 Å². The van der Waals surface area contributed by atoms with Gasteiger partial charge in [-0.2, -0.15) is 5.10 Å². The zero-order valence-electron chi connectivity index (χ0n) is 12.1. The minimum atomic E-state index is -4.04.